The second kappa shape index (κ2) is 5.87. The molecule has 0 radical (unpaired) electrons. The fraction of sp³-hybridized carbons (Fsp3) is 0.333. The molecule has 110 valence electrons. The zero-order valence-corrected chi connectivity index (χ0v) is 12.4. The van der Waals surface area contributed by atoms with E-state index in [1.165, 1.54) is 0 Å². The lowest BCUT2D eigenvalue weighted by Gasteiger charge is -2.20. The predicted octanol–water partition coefficient (Wildman–Crippen LogP) is 3.01. The number of phenols is 1. The molecule has 0 spiro atoms. The molecule has 0 bridgehead atoms. The number of aromatic nitrogens is 2. The summed E-state index contributed by atoms with van der Waals surface area (Å²) >= 11 is 5.97. The number of anilines is 1. The number of benzene rings is 1. The third-order valence-corrected chi connectivity index (χ3v) is 3.68. The highest BCUT2D eigenvalue weighted by molar-refractivity contribution is 6.32. The molecule has 0 aliphatic carbocycles. The molecule has 5 nitrogen and oxygen atoms in total. The van der Waals surface area contributed by atoms with Crippen molar-refractivity contribution < 1.29 is 9.84 Å². The van der Waals surface area contributed by atoms with Gasteiger partial charge in [0.1, 0.15) is 11.6 Å². The van der Waals surface area contributed by atoms with Gasteiger partial charge in [0.25, 0.3) is 0 Å². The molecule has 1 aliphatic heterocycles. The third-order valence-electron chi connectivity index (χ3n) is 3.37. The van der Waals surface area contributed by atoms with Gasteiger partial charge < -0.3 is 15.2 Å². The van der Waals surface area contributed by atoms with Crippen LogP contribution in [0.3, 0.4) is 0 Å². The van der Waals surface area contributed by atoms with Gasteiger partial charge >= 0.3 is 0 Å². The Hall–Kier alpha value is -1.85. The van der Waals surface area contributed by atoms with E-state index < -0.39 is 0 Å². The summed E-state index contributed by atoms with van der Waals surface area (Å²) in [6.07, 6.45) is 0.773. The van der Waals surface area contributed by atoms with Crippen molar-refractivity contribution >= 4 is 17.4 Å². The molecule has 6 heteroatoms. The molecule has 21 heavy (non-hydrogen) atoms. The van der Waals surface area contributed by atoms with E-state index >= 15 is 0 Å². The van der Waals surface area contributed by atoms with Crippen LogP contribution < -0.4 is 5.32 Å². The van der Waals surface area contributed by atoms with Crippen LogP contribution in [0.4, 0.5) is 5.82 Å². The van der Waals surface area contributed by atoms with Crippen LogP contribution in [0, 0.1) is 0 Å². The minimum absolute atomic E-state index is 0.0543. The zero-order valence-electron chi connectivity index (χ0n) is 11.7. The molecule has 2 N–H and O–H groups in total. The Bertz CT molecular complexity index is 676. The summed E-state index contributed by atoms with van der Waals surface area (Å²) < 4.78 is 5.49. The van der Waals surface area contributed by atoms with Crippen molar-refractivity contribution in [2.45, 2.75) is 20.0 Å². The van der Waals surface area contributed by atoms with Gasteiger partial charge in [0.15, 0.2) is 5.82 Å². The summed E-state index contributed by atoms with van der Waals surface area (Å²) in [5, 5.41) is 13.1. The number of halogens is 1. The van der Waals surface area contributed by atoms with E-state index in [1.54, 1.807) is 18.2 Å². The Morgan fingerprint density at radius 3 is 3.00 bits per heavy atom. The fourth-order valence-electron chi connectivity index (χ4n) is 2.32. The molecule has 0 saturated carbocycles. The van der Waals surface area contributed by atoms with E-state index in [0.29, 0.717) is 24.1 Å². The summed E-state index contributed by atoms with van der Waals surface area (Å²) in [7, 11) is 0. The van der Waals surface area contributed by atoms with Gasteiger partial charge in [0.2, 0.25) is 0 Å². The van der Waals surface area contributed by atoms with Crippen molar-refractivity contribution in [3.8, 4) is 17.1 Å². The first-order valence-electron chi connectivity index (χ1n) is 6.89. The number of rotatable bonds is 3. The van der Waals surface area contributed by atoms with Crippen molar-refractivity contribution in [3.05, 3.63) is 34.5 Å². The molecular weight excluding hydrogens is 290 g/mol. The highest BCUT2D eigenvalue weighted by Crippen LogP contribution is 2.30. The molecule has 0 saturated heterocycles. The van der Waals surface area contributed by atoms with E-state index in [9.17, 15) is 5.11 Å². The average molecular weight is 306 g/mol. The lowest BCUT2D eigenvalue weighted by molar-refractivity contribution is 0.109. The molecule has 0 atom stereocenters. The Morgan fingerprint density at radius 1 is 1.38 bits per heavy atom. The Labute approximate surface area is 128 Å². The molecule has 0 amide bonds. The van der Waals surface area contributed by atoms with E-state index in [1.807, 2.05) is 6.92 Å². The second-order valence-electron chi connectivity index (χ2n) is 4.82. The van der Waals surface area contributed by atoms with E-state index in [4.69, 9.17) is 16.3 Å². The van der Waals surface area contributed by atoms with Crippen LogP contribution in [0.1, 0.15) is 18.2 Å². The minimum atomic E-state index is 0.0543. The number of nitrogens with zero attached hydrogens (tertiary/aromatic N) is 2. The molecule has 2 aromatic rings. The van der Waals surface area contributed by atoms with E-state index in [2.05, 4.69) is 15.3 Å². The van der Waals surface area contributed by atoms with Crippen LogP contribution in [0.2, 0.25) is 5.02 Å². The summed E-state index contributed by atoms with van der Waals surface area (Å²) in [5.74, 6) is 1.47. The maximum atomic E-state index is 9.52. The van der Waals surface area contributed by atoms with Crippen molar-refractivity contribution in [1.29, 1.82) is 0 Å². The van der Waals surface area contributed by atoms with Crippen LogP contribution >= 0.6 is 11.6 Å². The van der Waals surface area contributed by atoms with Gasteiger partial charge in [0, 0.05) is 24.1 Å². The zero-order chi connectivity index (χ0) is 14.8. The molecule has 1 aromatic heterocycles. The monoisotopic (exact) mass is 305 g/mol. The molecule has 3 rings (SSSR count). The highest BCUT2D eigenvalue weighted by atomic mass is 35.5. The van der Waals surface area contributed by atoms with E-state index in [0.717, 1.165) is 35.6 Å². The quantitative estimate of drug-likeness (QED) is 0.912. The van der Waals surface area contributed by atoms with Gasteiger partial charge in [-0.25, -0.2) is 9.97 Å². The van der Waals surface area contributed by atoms with Crippen LogP contribution in [0.5, 0.6) is 5.75 Å². The Kier molecular flexibility index (Phi) is 3.94. The number of hydrogen-bond donors (Lipinski definition) is 2. The number of aromatic hydroxyl groups is 1. The van der Waals surface area contributed by atoms with Crippen LogP contribution in [-0.2, 0) is 17.8 Å². The normalized spacial score (nSPS) is 13.8. The molecular formula is C15H16ClN3O2. The van der Waals surface area contributed by atoms with Crippen molar-refractivity contribution in [2.75, 3.05) is 18.5 Å². The van der Waals surface area contributed by atoms with Crippen LogP contribution in [-0.4, -0.2) is 28.2 Å². The highest BCUT2D eigenvalue weighted by Gasteiger charge is 2.18. The van der Waals surface area contributed by atoms with Gasteiger partial charge in [-0.2, -0.15) is 0 Å². The molecule has 0 unspecified atom stereocenters. The maximum Gasteiger partial charge on any atom is 0.161 e. The van der Waals surface area contributed by atoms with Gasteiger partial charge in [-0.1, -0.05) is 11.6 Å². The number of ether oxygens (including phenoxy) is 1. The Balaban J connectivity index is 2.09. The molecule has 1 aliphatic rings. The number of phenolic OH excluding ortho intramolecular Hbond substituents is 1. The third kappa shape index (κ3) is 2.80. The fourth-order valence-corrected chi connectivity index (χ4v) is 2.50. The summed E-state index contributed by atoms with van der Waals surface area (Å²) in [6.45, 7) is 4.01. The Morgan fingerprint density at radius 2 is 2.24 bits per heavy atom. The first-order valence-corrected chi connectivity index (χ1v) is 7.27. The number of nitrogens with one attached hydrogen (secondary N) is 1. The summed E-state index contributed by atoms with van der Waals surface area (Å²) in [6, 6.07) is 4.99. The van der Waals surface area contributed by atoms with Gasteiger partial charge in [0.05, 0.1) is 23.9 Å². The van der Waals surface area contributed by atoms with Gasteiger partial charge in [-0.05, 0) is 25.1 Å². The van der Waals surface area contributed by atoms with E-state index in [-0.39, 0.29) is 5.75 Å². The van der Waals surface area contributed by atoms with Crippen molar-refractivity contribution in [3.63, 3.8) is 0 Å². The SMILES string of the molecule is CCNc1nc(-c2ccc(O)c(Cl)c2)nc2c1COCC2. The average Bonchev–Trinajstić information content (AvgIpc) is 2.50. The second-order valence-corrected chi connectivity index (χ2v) is 5.23. The van der Waals surface area contributed by atoms with Gasteiger partial charge in [-0.3, -0.25) is 0 Å². The molecule has 2 heterocycles. The van der Waals surface area contributed by atoms with Crippen molar-refractivity contribution in [2.24, 2.45) is 0 Å². The number of fused-ring (bicyclic) bond motifs is 1. The lowest BCUT2D eigenvalue weighted by Crippen LogP contribution is -2.17. The van der Waals surface area contributed by atoms with Gasteiger partial charge in [-0.15, -0.1) is 0 Å². The van der Waals surface area contributed by atoms with Crippen LogP contribution in [0.25, 0.3) is 11.4 Å². The van der Waals surface area contributed by atoms with Crippen LogP contribution in [0.15, 0.2) is 18.2 Å². The lowest BCUT2D eigenvalue weighted by atomic mass is 10.1. The summed E-state index contributed by atoms with van der Waals surface area (Å²) in [5.41, 5.74) is 2.81. The molecule has 0 fully saturated rings. The topological polar surface area (TPSA) is 67.3 Å². The molecule has 1 aromatic carbocycles. The minimum Gasteiger partial charge on any atom is -0.506 e. The first kappa shape index (κ1) is 14.1. The maximum absolute atomic E-state index is 9.52. The summed E-state index contributed by atoms with van der Waals surface area (Å²) in [4.78, 5) is 9.20. The first-order chi connectivity index (χ1) is 10.2. The largest absolute Gasteiger partial charge is 0.506 e. The predicted molar refractivity (Wildman–Crippen MR) is 81.7 cm³/mol. The van der Waals surface area contributed by atoms with Crippen molar-refractivity contribution in [1.82, 2.24) is 9.97 Å². The number of hydrogen-bond acceptors (Lipinski definition) is 5. The standard InChI is InChI=1S/C15H16ClN3O2/c1-2-17-15-10-8-21-6-5-12(10)18-14(19-15)9-3-4-13(20)11(16)7-9/h3-4,7,20H,2,5-6,8H2,1H3,(H,17,18,19). The smallest absolute Gasteiger partial charge is 0.161 e.